The van der Waals surface area contributed by atoms with Crippen molar-refractivity contribution in [3.63, 3.8) is 0 Å². The Balaban J connectivity index is 1.48. The van der Waals surface area contributed by atoms with Crippen molar-refractivity contribution in [1.82, 2.24) is 9.97 Å². The van der Waals surface area contributed by atoms with Gasteiger partial charge < -0.3 is 15.0 Å². The Morgan fingerprint density at radius 1 is 1.33 bits per heavy atom. The van der Waals surface area contributed by atoms with Crippen LogP contribution in [0.3, 0.4) is 0 Å². The topological polar surface area (TPSA) is 90.8 Å². The smallest absolute Gasteiger partial charge is 0.291 e. The summed E-state index contributed by atoms with van der Waals surface area (Å²) in [5.74, 6) is 0.612. The predicted molar refractivity (Wildman–Crippen MR) is 128 cm³/mol. The molecule has 2 N–H and O–H groups in total. The molecular weight excluding hydrogens is 412 g/mol. The fourth-order valence-corrected chi connectivity index (χ4v) is 5.26. The van der Waals surface area contributed by atoms with Crippen LogP contribution in [-0.4, -0.2) is 28.1 Å². The lowest BCUT2D eigenvalue weighted by Gasteiger charge is -2.36. The lowest BCUT2D eigenvalue weighted by molar-refractivity contribution is -0.0240. The number of aromatic nitrogens is 2. The van der Waals surface area contributed by atoms with Gasteiger partial charge in [-0.05, 0) is 66.2 Å². The van der Waals surface area contributed by atoms with E-state index in [0.29, 0.717) is 17.3 Å². The highest BCUT2D eigenvalue weighted by Crippen LogP contribution is 2.45. The van der Waals surface area contributed by atoms with E-state index in [1.807, 2.05) is 12.1 Å². The van der Waals surface area contributed by atoms with Crippen LogP contribution in [0.1, 0.15) is 79.8 Å². The normalized spacial score (nSPS) is 27.6. The summed E-state index contributed by atoms with van der Waals surface area (Å²) in [6, 6.07) is 8.41. The molecule has 1 aromatic carbocycles. The quantitative estimate of drug-likeness (QED) is 0.605. The van der Waals surface area contributed by atoms with Gasteiger partial charge in [-0.2, -0.15) is 5.26 Å². The molecular formula is C27H30N4O2. The minimum absolute atomic E-state index is 0.140. The first-order valence-electron chi connectivity index (χ1n) is 11.8. The zero-order chi connectivity index (χ0) is 23.2. The maximum absolute atomic E-state index is 12.9. The van der Waals surface area contributed by atoms with E-state index in [1.54, 1.807) is 0 Å². The average molecular weight is 443 g/mol. The first-order chi connectivity index (χ1) is 15.8. The minimum atomic E-state index is -0.344. The molecule has 6 heteroatoms. The van der Waals surface area contributed by atoms with Gasteiger partial charge in [0.1, 0.15) is 11.8 Å². The van der Waals surface area contributed by atoms with Crippen molar-refractivity contribution in [2.45, 2.75) is 64.6 Å². The Kier molecular flexibility index (Phi) is 5.46. The van der Waals surface area contributed by atoms with Crippen molar-refractivity contribution < 1.29 is 9.53 Å². The van der Waals surface area contributed by atoms with Gasteiger partial charge in [0.25, 0.3) is 5.91 Å². The van der Waals surface area contributed by atoms with Crippen LogP contribution in [0.2, 0.25) is 0 Å². The van der Waals surface area contributed by atoms with Gasteiger partial charge in [-0.3, -0.25) is 4.79 Å². The fraction of sp³-hybridized carbons (Fsp3) is 0.444. The monoisotopic (exact) mass is 442 g/mol. The third-order valence-corrected chi connectivity index (χ3v) is 7.44. The third-order valence-electron chi connectivity index (χ3n) is 7.44. The molecule has 1 saturated heterocycles. The van der Waals surface area contributed by atoms with Crippen LogP contribution in [0.15, 0.2) is 42.6 Å². The summed E-state index contributed by atoms with van der Waals surface area (Å²) in [7, 11) is 0. The van der Waals surface area contributed by atoms with E-state index in [9.17, 15) is 4.79 Å². The van der Waals surface area contributed by atoms with Crippen molar-refractivity contribution in [3.8, 4) is 6.07 Å². The van der Waals surface area contributed by atoms with Crippen LogP contribution in [-0.2, 0) is 4.74 Å². The van der Waals surface area contributed by atoms with Gasteiger partial charge >= 0.3 is 0 Å². The van der Waals surface area contributed by atoms with Crippen LogP contribution in [0.4, 0.5) is 5.69 Å². The highest BCUT2D eigenvalue weighted by molar-refractivity contribution is 6.03. The Morgan fingerprint density at radius 3 is 2.91 bits per heavy atom. The summed E-state index contributed by atoms with van der Waals surface area (Å²) in [5.41, 5.74) is 5.02. The molecule has 1 aromatic heterocycles. The molecule has 170 valence electrons. The Morgan fingerprint density at radius 2 is 2.18 bits per heavy atom. The number of imidazole rings is 1. The number of nitrogens with one attached hydrogen (secondary N) is 2. The number of benzene rings is 1. The largest absolute Gasteiger partial charge is 0.367 e. The number of hydrogen-bond donors (Lipinski definition) is 2. The number of nitriles is 1. The number of ether oxygens (including phenoxy) is 1. The molecule has 1 aliphatic carbocycles. The summed E-state index contributed by atoms with van der Waals surface area (Å²) in [6.45, 7) is 6.87. The molecule has 0 spiro atoms. The fourth-order valence-electron chi connectivity index (χ4n) is 5.26. The molecule has 2 bridgehead atoms. The Labute approximate surface area is 194 Å². The molecule has 2 aliphatic heterocycles. The molecule has 6 nitrogen and oxygen atoms in total. The van der Waals surface area contributed by atoms with Gasteiger partial charge in [-0.15, -0.1) is 0 Å². The number of allylic oxidation sites excluding steroid dienone is 2. The van der Waals surface area contributed by atoms with Gasteiger partial charge in [-0.25, -0.2) is 4.98 Å². The average Bonchev–Trinajstić information content (AvgIpc) is 3.44. The highest BCUT2D eigenvalue weighted by Gasteiger charge is 2.38. The van der Waals surface area contributed by atoms with Crippen molar-refractivity contribution in [1.29, 1.82) is 5.26 Å². The van der Waals surface area contributed by atoms with Gasteiger partial charge in [-0.1, -0.05) is 45.1 Å². The van der Waals surface area contributed by atoms with Crippen molar-refractivity contribution >= 4 is 17.2 Å². The summed E-state index contributed by atoms with van der Waals surface area (Å²) in [5, 5.41) is 12.1. The highest BCUT2D eigenvalue weighted by atomic mass is 16.5. The van der Waals surface area contributed by atoms with E-state index in [-0.39, 0.29) is 29.6 Å². The van der Waals surface area contributed by atoms with Crippen LogP contribution < -0.4 is 5.32 Å². The second-order valence-electron chi connectivity index (χ2n) is 10.3. The molecule has 1 fully saturated rings. The second kappa shape index (κ2) is 8.31. The molecule has 1 amide bonds. The van der Waals surface area contributed by atoms with Crippen molar-refractivity contribution in [3.05, 3.63) is 65.3 Å². The first kappa shape index (κ1) is 21.7. The maximum atomic E-state index is 12.9. The number of rotatable bonds is 4. The van der Waals surface area contributed by atoms with E-state index < -0.39 is 0 Å². The molecule has 0 saturated carbocycles. The van der Waals surface area contributed by atoms with E-state index in [2.05, 4.69) is 66.4 Å². The molecule has 0 radical (unpaired) electrons. The number of hydrogen-bond acceptors (Lipinski definition) is 4. The molecule has 3 heterocycles. The first-order valence-corrected chi connectivity index (χ1v) is 11.8. The summed E-state index contributed by atoms with van der Waals surface area (Å²) in [6.07, 6.45) is 12.6. The summed E-state index contributed by atoms with van der Waals surface area (Å²) in [4.78, 5) is 19.7. The second-order valence-corrected chi connectivity index (χ2v) is 10.3. The van der Waals surface area contributed by atoms with Crippen LogP contribution in [0.5, 0.6) is 0 Å². The van der Waals surface area contributed by atoms with Gasteiger partial charge in [0.2, 0.25) is 0 Å². The van der Waals surface area contributed by atoms with Crippen molar-refractivity contribution in [2.75, 3.05) is 5.32 Å². The standard InChI is InChI=1S/C27H30N4O2/c1-16-21(13-20-5-7-24(16)33-20)18-4-6-23(31-26(32)25-29-15-19(14-28)30-25)22(12-18)17-8-10-27(2,3)11-9-17/h4-8,12,15-16,20-21,24H,9-11,13H2,1-3H3,(H,29,30)(H,31,32)/t16-,20+,21?,24-/m0/s1. The molecule has 4 atom stereocenters. The molecule has 2 aromatic rings. The number of anilines is 1. The van der Waals surface area contributed by atoms with Gasteiger partial charge in [0.15, 0.2) is 5.82 Å². The number of nitrogens with zero attached hydrogens (tertiary/aromatic N) is 2. The van der Waals surface area contributed by atoms with E-state index in [4.69, 9.17) is 10.00 Å². The lowest BCUT2D eigenvalue weighted by Crippen LogP contribution is -2.32. The Hall–Kier alpha value is -3.17. The van der Waals surface area contributed by atoms with Crippen molar-refractivity contribution in [2.24, 2.45) is 11.3 Å². The lowest BCUT2D eigenvalue weighted by atomic mass is 9.75. The number of carbonyl (C=O) groups excluding carboxylic acids is 1. The van der Waals surface area contributed by atoms with Crippen LogP contribution >= 0.6 is 0 Å². The van der Waals surface area contributed by atoms with Gasteiger partial charge in [0, 0.05) is 11.3 Å². The predicted octanol–water partition coefficient (Wildman–Crippen LogP) is 5.57. The van der Waals surface area contributed by atoms with E-state index in [0.717, 1.165) is 36.9 Å². The number of carbonyl (C=O) groups is 1. The number of aromatic amines is 1. The third kappa shape index (κ3) is 4.26. The molecule has 33 heavy (non-hydrogen) atoms. The number of H-pyrrole nitrogens is 1. The SMILES string of the molecule is C[C@H]1C(c2ccc(NC(=O)c3ncc(C#N)[nH]3)c(C3=CCC(C)(C)CC3)c2)C[C@H]2C=C[C@@H]1O2. The molecule has 3 aliphatic rings. The van der Waals surface area contributed by atoms with Crippen LogP contribution in [0, 0.1) is 22.7 Å². The summed E-state index contributed by atoms with van der Waals surface area (Å²) >= 11 is 0. The van der Waals surface area contributed by atoms with Crippen LogP contribution in [0.25, 0.3) is 5.57 Å². The minimum Gasteiger partial charge on any atom is -0.367 e. The summed E-state index contributed by atoms with van der Waals surface area (Å²) < 4.78 is 6.05. The zero-order valence-corrected chi connectivity index (χ0v) is 19.4. The number of fused-ring (bicyclic) bond motifs is 2. The molecule has 1 unspecified atom stereocenters. The maximum Gasteiger partial charge on any atom is 0.291 e. The zero-order valence-electron chi connectivity index (χ0n) is 19.4. The van der Waals surface area contributed by atoms with E-state index in [1.165, 1.54) is 17.3 Å². The van der Waals surface area contributed by atoms with Gasteiger partial charge in [0.05, 0.1) is 18.4 Å². The Bertz CT molecular complexity index is 1180. The molecule has 5 rings (SSSR count). The van der Waals surface area contributed by atoms with E-state index >= 15 is 0 Å². The number of amides is 1.